The summed E-state index contributed by atoms with van der Waals surface area (Å²) >= 11 is 14.2. The van der Waals surface area contributed by atoms with Gasteiger partial charge in [0.25, 0.3) is 0 Å². The summed E-state index contributed by atoms with van der Waals surface area (Å²) < 4.78 is 2.07. The van der Waals surface area contributed by atoms with Crippen LogP contribution in [0.3, 0.4) is 0 Å². The Morgan fingerprint density at radius 2 is 2.32 bits per heavy atom. The molecule has 6 heteroatoms. The second kappa shape index (κ2) is 5.37. The SMILES string of the molecule is Clc1ccc(C2(Cn3ccnc3)NCCS2)c(Cl)c1. The van der Waals surface area contributed by atoms with E-state index in [1.54, 1.807) is 12.3 Å². The van der Waals surface area contributed by atoms with Crippen molar-refractivity contribution in [1.82, 2.24) is 14.9 Å². The number of benzene rings is 1. The summed E-state index contributed by atoms with van der Waals surface area (Å²) in [5, 5.41) is 4.94. The van der Waals surface area contributed by atoms with Crippen molar-refractivity contribution < 1.29 is 0 Å². The molecule has 3 rings (SSSR count). The normalized spacial score (nSPS) is 22.8. The van der Waals surface area contributed by atoms with Crippen LogP contribution in [0.15, 0.2) is 36.9 Å². The lowest BCUT2D eigenvalue weighted by Gasteiger charge is -2.30. The number of hydrogen-bond donors (Lipinski definition) is 1. The number of imidazole rings is 1. The van der Waals surface area contributed by atoms with E-state index in [2.05, 4.69) is 14.9 Å². The summed E-state index contributed by atoms with van der Waals surface area (Å²) in [7, 11) is 0. The summed E-state index contributed by atoms with van der Waals surface area (Å²) in [5.74, 6) is 1.06. The van der Waals surface area contributed by atoms with E-state index in [4.69, 9.17) is 23.2 Å². The molecule has 1 aliphatic heterocycles. The molecule has 2 aromatic rings. The molecule has 1 N–H and O–H groups in total. The van der Waals surface area contributed by atoms with E-state index in [0.717, 1.165) is 24.4 Å². The standard InChI is InChI=1S/C13H13Cl2N3S/c14-10-1-2-11(12(15)7-10)13(17-4-6-19-13)8-18-5-3-16-9-18/h1-3,5,7,9,17H,4,6,8H2. The van der Waals surface area contributed by atoms with Crippen LogP contribution in [0.2, 0.25) is 10.0 Å². The van der Waals surface area contributed by atoms with E-state index in [9.17, 15) is 0 Å². The van der Waals surface area contributed by atoms with E-state index in [-0.39, 0.29) is 4.87 Å². The molecule has 1 saturated heterocycles. The Morgan fingerprint density at radius 3 is 2.95 bits per heavy atom. The van der Waals surface area contributed by atoms with Crippen LogP contribution in [0.1, 0.15) is 5.56 Å². The van der Waals surface area contributed by atoms with E-state index >= 15 is 0 Å². The maximum absolute atomic E-state index is 6.38. The highest BCUT2D eigenvalue weighted by Gasteiger charge is 2.38. The summed E-state index contributed by atoms with van der Waals surface area (Å²) in [6, 6.07) is 5.70. The lowest BCUT2D eigenvalue weighted by atomic mass is 10.1. The van der Waals surface area contributed by atoms with Gasteiger partial charge in [-0.3, -0.25) is 5.32 Å². The van der Waals surface area contributed by atoms with Gasteiger partial charge < -0.3 is 4.57 Å². The summed E-state index contributed by atoms with van der Waals surface area (Å²) in [6.45, 7) is 1.76. The van der Waals surface area contributed by atoms with Crippen LogP contribution in [0.4, 0.5) is 0 Å². The Hall–Kier alpha value is -0.680. The van der Waals surface area contributed by atoms with Gasteiger partial charge in [0.2, 0.25) is 0 Å². The number of hydrogen-bond acceptors (Lipinski definition) is 3. The van der Waals surface area contributed by atoms with Crippen molar-refractivity contribution in [2.24, 2.45) is 0 Å². The lowest BCUT2D eigenvalue weighted by molar-refractivity contribution is 0.447. The van der Waals surface area contributed by atoms with Crippen LogP contribution < -0.4 is 5.32 Å². The fraction of sp³-hybridized carbons (Fsp3) is 0.308. The third kappa shape index (κ3) is 2.63. The third-order valence-electron chi connectivity index (χ3n) is 3.19. The maximum atomic E-state index is 6.38. The fourth-order valence-electron chi connectivity index (χ4n) is 2.34. The zero-order valence-electron chi connectivity index (χ0n) is 10.1. The van der Waals surface area contributed by atoms with Crippen LogP contribution in [-0.2, 0) is 11.4 Å². The minimum absolute atomic E-state index is 0.206. The van der Waals surface area contributed by atoms with Crippen LogP contribution in [0, 0.1) is 0 Å². The molecule has 1 atom stereocenters. The molecule has 0 spiro atoms. The highest BCUT2D eigenvalue weighted by molar-refractivity contribution is 8.00. The Balaban J connectivity index is 2.00. The number of halogens is 2. The van der Waals surface area contributed by atoms with E-state index < -0.39 is 0 Å². The average molecular weight is 314 g/mol. The molecule has 1 aromatic heterocycles. The first-order chi connectivity index (χ1) is 9.20. The van der Waals surface area contributed by atoms with Gasteiger partial charge in [0, 0.05) is 40.3 Å². The first-order valence-electron chi connectivity index (χ1n) is 6.00. The molecule has 1 aliphatic rings. The van der Waals surface area contributed by atoms with Gasteiger partial charge in [0.1, 0.15) is 4.87 Å². The quantitative estimate of drug-likeness (QED) is 0.942. The van der Waals surface area contributed by atoms with Gasteiger partial charge in [-0.05, 0) is 12.1 Å². The summed E-state index contributed by atoms with van der Waals surface area (Å²) in [6.07, 6.45) is 5.58. The molecular weight excluding hydrogens is 301 g/mol. The monoisotopic (exact) mass is 313 g/mol. The molecule has 1 aromatic carbocycles. The van der Waals surface area contributed by atoms with Crippen molar-refractivity contribution in [2.75, 3.05) is 12.3 Å². The zero-order valence-corrected chi connectivity index (χ0v) is 12.5. The van der Waals surface area contributed by atoms with Gasteiger partial charge in [-0.25, -0.2) is 4.98 Å². The van der Waals surface area contributed by atoms with Gasteiger partial charge in [0.05, 0.1) is 12.9 Å². The number of nitrogens with one attached hydrogen (secondary N) is 1. The molecule has 0 aliphatic carbocycles. The molecule has 1 fully saturated rings. The molecule has 3 nitrogen and oxygen atoms in total. The Kier molecular flexibility index (Phi) is 3.76. The average Bonchev–Trinajstić information content (AvgIpc) is 3.02. The number of nitrogens with zero attached hydrogens (tertiary/aromatic N) is 2. The summed E-state index contributed by atoms with van der Waals surface area (Å²) in [4.78, 5) is 3.89. The van der Waals surface area contributed by atoms with E-state index in [0.29, 0.717) is 10.0 Å². The van der Waals surface area contributed by atoms with Crippen LogP contribution in [-0.4, -0.2) is 21.8 Å². The highest BCUT2D eigenvalue weighted by atomic mass is 35.5. The minimum Gasteiger partial charge on any atom is -0.334 e. The molecule has 100 valence electrons. The van der Waals surface area contributed by atoms with Gasteiger partial charge in [-0.2, -0.15) is 0 Å². The first kappa shape index (κ1) is 13.3. The Bertz CT molecular complexity index is 565. The summed E-state index contributed by atoms with van der Waals surface area (Å²) in [5.41, 5.74) is 1.08. The first-order valence-corrected chi connectivity index (χ1v) is 7.74. The van der Waals surface area contributed by atoms with Crippen molar-refractivity contribution in [2.45, 2.75) is 11.4 Å². The number of aromatic nitrogens is 2. The predicted octanol–water partition coefficient (Wildman–Crippen LogP) is 3.38. The van der Waals surface area contributed by atoms with Crippen molar-refractivity contribution in [3.63, 3.8) is 0 Å². The zero-order chi connectivity index (χ0) is 13.3. The number of rotatable bonds is 3. The molecule has 0 radical (unpaired) electrons. The lowest BCUT2D eigenvalue weighted by Crippen LogP contribution is -2.38. The van der Waals surface area contributed by atoms with Crippen molar-refractivity contribution in [3.8, 4) is 0 Å². The van der Waals surface area contributed by atoms with Crippen LogP contribution in [0.25, 0.3) is 0 Å². The van der Waals surface area contributed by atoms with Crippen LogP contribution >= 0.6 is 35.0 Å². The van der Waals surface area contributed by atoms with Gasteiger partial charge in [-0.15, -0.1) is 11.8 Å². The molecule has 0 amide bonds. The van der Waals surface area contributed by atoms with Gasteiger partial charge in [-0.1, -0.05) is 29.3 Å². The van der Waals surface area contributed by atoms with Crippen LogP contribution in [0.5, 0.6) is 0 Å². The largest absolute Gasteiger partial charge is 0.334 e. The van der Waals surface area contributed by atoms with Gasteiger partial charge >= 0.3 is 0 Å². The molecule has 0 saturated carbocycles. The molecular formula is C13H13Cl2N3S. The van der Waals surface area contributed by atoms with E-state index in [1.165, 1.54) is 0 Å². The fourth-order valence-corrected chi connectivity index (χ4v) is 4.30. The number of thioether (sulfide) groups is 1. The minimum atomic E-state index is -0.206. The molecule has 0 bridgehead atoms. The molecule has 19 heavy (non-hydrogen) atoms. The second-order valence-electron chi connectivity index (χ2n) is 4.46. The predicted molar refractivity (Wildman–Crippen MR) is 80.8 cm³/mol. The topological polar surface area (TPSA) is 29.9 Å². The van der Waals surface area contributed by atoms with Gasteiger partial charge in [0.15, 0.2) is 0 Å². The smallest absolute Gasteiger partial charge is 0.110 e. The Labute approximate surface area is 126 Å². The maximum Gasteiger partial charge on any atom is 0.110 e. The van der Waals surface area contributed by atoms with Crippen molar-refractivity contribution in [3.05, 3.63) is 52.5 Å². The highest BCUT2D eigenvalue weighted by Crippen LogP contribution is 2.42. The second-order valence-corrected chi connectivity index (χ2v) is 6.70. The molecule has 2 heterocycles. The molecule has 1 unspecified atom stereocenters. The van der Waals surface area contributed by atoms with E-state index in [1.807, 2.05) is 36.4 Å². The Morgan fingerprint density at radius 1 is 1.42 bits per heavy atom. The third-order valence-corrected chi connectivity index (χ3v) is 5.13. The van der Waals surface area contributed by atoms with Crippen molar-refractivity contribution in [1.29, 1.82) is 0 Å². The van der Waals surface area contributed by atoms with Crippen molar-refractivity contribution >= 4 is 35.0 Å².